The topological polar surface area (TPSA) is 85.7 Å². The second-order valence-electron chi connectivity index (χ2n) is 4.66. The van der Waals surface area contributed by atoms with Crippen molar-refractivity contribution in [2.24, 2.45) is 17.9 Å². The number of aryl methyl sites for hydroxylation is 3. The molecule has 2 rings (SSSR count). The molecule has 6 nitrogen and oxygen atoms in total. The number of benzene rings is 1. The fourth-order valence-corrected chi connectivity index (χ4v) is 2.05. The first-order chi connectivity index (χ1) is 9.45. The van der Waals surface area contributed by atoms with Crippen LogP contribution >= 0.6 is 0 Å². The van der Waals surface area contributed by atoms with Gasteiger partial charge in [0, 0.05) is 7.05 Å². The van der Waals surface area contributed by atoms with Crippen LogP contribution in [0.4, 0.5) is 0 Å². The highest BCUT2D eigenvalue weighted by atomic mass is 16.5. The summed E-state index contributed by atoms with van der Waals surface area (Å²) in [4.78, 5) is 0. The first kappa shape index (κ1) is 13.9. The van der Waals surface area contributed by atoms with Crippen molar-refractivity contribution in [2.75, 3.05) is 0 Å². The maximum absolute atomic E-state index is 8.87. The molecule has 3 N–H and O–H groups in total. The number of rotatable bonds is 3. The fourth-order valence-electron chi connectivity index (χ4n) is 2.05. The van der Waals surface area contributed by atoms with Gasteiger partial charge >= 0.3 is 0 Å². The molecule has 1 heterocycles. The van der Waals surface area contributed by atoms with E-state index in [2.05, 4.69) is 10.3 Å². The molecule has 106 valence electrons. The SMILES string of the molecule is Cc1cccc(/C(N)=N/O)c1Oc1c(C)nn(C)c1C. The monoisotopic (exact) mass is 274 g/mol. The largest absolute Gasteiger partial charge is 0.452 e. The Morgan fingerprint density at radius 2 is 2.00 bits per heavy atom. The number of hydrogen-bond acceptors (Lipinski definition) is 4. The lowest BCUT2D eigenvalue weighted by Crippen LogP contribution is -2.14. The van der Waals surface area contributed by atoms with E-state index >= 15 is 0 Å². The van der Waals surface area contributed by atoms with E-state index in [-0.39, 0.29) is 5.84 Å². The molecule has 0 saturated carbocycles. The number of oxime groups is 1. The van der Waals surface area contributed by atoms with Crippen molar-refractivity contribution in [3.8, 4) is 11.5 Å². The minimum Gasteiger partial charge on any atom is -0.452 e. The van der Waals surface area contributed by atoms with E-state index in [0.29, 0.717) is 17.1 Å². The Labute approximate surface area is 117 Å². The number of nitrogens with zero attached hydrogens (tertiary/aromatic N) is 3. The lowest BCUT2D eigenvalue weighted by Gasteiger charge is -2.13. The average molecular weight is 274 g/mol. The lowest BCUT2D eigenvalue weighted by atomic mass is 10.1. The molecule has 0 bridgehead atoms. The van der Waals surface area contributed by atoms with E-state index in [0.717, 1.165) is 17.0 Å². The average Bonchev–Trinajstić information content (AvgIpc) is 2.66. The summed E-state index contributed by atoms with van der Waals surface area (Å²) < 4.78 is 7.75. The van der Waals surface area contributed by atoms with Gasteiger partial charge in [-0.2, -0.15) is 5.10 Å². The van der Waals surface area contributed by atoms with Gasteiger partial charge in [0.2, 0.25) is 0 Å². The Bertz CT molecular complexity index is 674. The van der Waals surface area contributed by atoms with Crippen molar-refractivity contribution < 1.29 is 9.94 Å². The molecular formula is C14H18N4O2. The summed E-state index contributed by atoms with van der Waals surface area (Å²) in [5, 5.41) is 16.2. The van der Waals surface area contributed by atoms with Crippen molar-refractivity contribution in [3.63, 3.8) is 0 Å². The quantitative estimate of drug-likeness (QED) is 0.389. The van der Waals surface area contributed by atoms with Gasteiger partial charge < -0.3 is 15.7 Å². The van der Waals surface area contributed by atoms with E-state index in [4.69, 9.17) is 15.7 Å². The number of aromatic nitrogens is 2. The predicted octanol–water partition coefficient (Wildman–Crippen LogP) is 2.23. The molecule has 2 aromatic rings. The molecular weight excluding hydrogens is 256 g/mol. The van der Waals surface area contributed by atoms with Gasteiger partial charge in [0.25, 0.3) is 0 Å². The van der Waals surface area contributed by atoms with E-state index in [1.807, 2.05) is 40.0 Å². The predicted molar refractivity (Wildman–Crippen MR) is 76.4 cm³/mol. The first-order valence-electron chi connectivity index (χ1n) is 6.21. The third-order valence-corrected chi connectivity index (χ3v) is 3.24. The smallest absolute Gasteiger partial charge is 0.173 e. The third kappa shape index (κ3) is 2.32. The summed E-state index contributed by atoms with van der Waals surface area (Å²) in [7, 11) is 1.86. The lowest BCUT2D eigenvalue weighted by molar-refractivity contribution is 0.318. The minimum absolute atomic E-state index is 0.0166. The summed E-state index contributed by atoms with van der Waals surface area (Å²) in [5.41, 5.74) is 8.85. The van der Waals surface area contributed by atoms with Crippen molar-refractivity contribution in [1.82, 2.24) is 9.78 Å². The minimum atomic E-state index is 0.0166. The Balaban J connectivity index is 2.53. The van der Waals surface area contributed by atoms with Gasteiger partial charge in [-0.15, -0.1) is 0 Å². The standard InChI is InChI=1S/C14H18N4O2/c1-8-6-5-7-11(14(15)17-19)12(8)20-13-9(2)16-18(4)10(13)3/h5-7,19H,1-4H3,(H2,15,17). The number of ether oxygens (including phenoxy) is 1. The molecule has 0 atom stereocenters. The van der Waals surface area contributed by atoms with Gasteiger partial charge in [0.1, 0.15) is 11.4 Å². The van der Waals surface area contributed by atoms with E-state index in [9.17, 15) is 0 Å². The molecule has 20 heavy (non-hydrogen) atoms. The Kier molecular flexibility index (Phi) is 3.65. The molecule has 1 aromatic heterocycles. The highest BCUT2D eigenvalue weighted by molar-refractivity contribution is 6.00. The second kappa shape index (κ2) is 5.24. The number of hydrogen-bond donors (Lipinski definition) is 2. The molecule has 1 aromatic carbocycles. The van der Waals surface area contributed by atoms with Gasteiger partial charge in [0.15, 0.2) is 11.6 Å². The zero-order valence-corrected chi connectivity index (χ0v) is 12.0. The van der Waals surface area contributed by atoms with E-state index in [1.165, 1.54) is 0 Å². The molecule has 0 radical (unpaired) electrons. The van der Waals surface area contributed by atoms with Gasteiger partial charge in [-0.25, -0.2) is 0 Å². The second-order valence-corrected chi connectivity index (χ2v) is 4.66. The number of para-hydroxylation sites is 1. The molecule has 0 unspecified atom stereocenters. The van der Waals surface area contributed by atoms with Crippen LogP contribution in [0.15, 0.2) is 23.4 Å². The van der Waals surface area contributed by atoms with Crippen LogP contribution in [0.1, 0.15) is 22.5 Å². The van der Waals surface area contributed by atoms with Crippen LogP contribution in [0.5, 0.6) is 11.5 Å². The van der Waals surface area contributed by atoms with Crippen LogP contribution < -0.4 is 10.5 Å². The summed E-state index contributed by atoms with van der Waals surface area (Å²) in [6.07, 6.45) is 0. The number of amidine groups is 1. The fraction of sp³-hybridized carbons (Fsp3) is 0.286. The summed E-state index contributed by atoms with van der Waals surface area (Å²) in [5.74, 6) is 1.28. The first-order valence-corrected chi connectivity index (χ1v) is 6.21. The van der Waals surface area contributed by atoms with Gasteiger partial charge in [-0.05, 0) is 32.4 Å². The van der Waals surface area contributed by atoms with Crippen molar-refractivity contribution in [2.45, 2.75) is 20.8 Å². The molecule has 0 amide bonds. The van der Waals surface area contributed by atoms with E-state index in [1.54, 1.807) is 10.7 Å². The van der Waals surface area contributed by atoms with Crippen molar-refractivity contribution in [1.29, 1.82) is 0 Å². The van der Waals surface area contributed by atoms with Gasteiger partial charge in [0.05, 0.1) is 11.3 Å². The van der Waals surface area contributed by atoms with Crippen LogP contribution in [0, 0.1) is 20.8 Å². The van der Waals surface area contributed by atoms with E-state index < -0.39 is 0 Å². The molecule has 0 aliphatic heterocycles. The van der Waals surface area contributed by atoms with Gasteiger partial charge in [-0.3, -0.25) is 4.68 Å². The Morgan fingerprint density at radius 3 is 2.55 bits per heavy atom. The molecule has 0 fully saturated rings. The maximum Gasteiger partial charge on any atom is 0.173 e. The highest BCUT2D eigenvalue weighted by Crippen LogP contribution is 2.32. The van der Waals surface area contributed by atoms with Crippen LogP contribution in [0.2, 0.25) is 0 Å². The summed E-state index contributed by atoms with van der Waals surface area (Å²) in [6, 6.07) is 5.49. The zero-order chi connectivity index (χ0) is 14.9. The van der Waals surface area contributed by atoms with Crippen molar-refractivity contribution >= 4 is 5.84 Å². The normalized spacial score (nSPS) is 11.7. The maximum atomic E-state index is 8.87. The van der Waals surface area contributed by atoms with Crippen LogP contribution in [-0.4, -0.2) is 20.8 Å². The van der Waals surface area contributed by atoms with Crippen molar-refractivity contribution in [3.05, 3.63) is 40.7 Å². The van der Waals surface area contributed by atoms with Crippen LogP contribution in [-0.2, 0) is 7.05 Å². The Hall–Kier alpha value is -2.50. The summed E-state index contributed by atoms with van der Waals surface area (Å²) in [6.45, 7) is 5.71. The molecule has 0 aliphatic rings. The molecule has 0 spiro atoms. The molecule has 0 aliphatic carbocycles. The zero-order valence-electron chi connectivity index (χ0n) is 12.0. The molecule has 0 saturated heterocycles. The Morgan fingerprint density at radius 1 is 1.30 bits per heavy atom. The highest BCUT2D eigenvalue weighted by Gasteiger charge is 2.17. The number of nitrogens with two attached hydrogens (primary N) is 1. The summed E-state index contributed by atoms with van der Waals surface area (Å²) >= 11 is 0. The van der Waals surface area contributed by atoms with Gasteiger partial charge in [-0.1, -0.05) is 17.3 Å². The van der Waals surface area contributed by atoms with Crippen LogP contribution in [0.25, 0.3) is 0 Å². The van der Waals surface area contributed by atoms with Crippen LogP contribution in [0.3, 0.4) is 0 Å². The molecule has 6 heteroatoms. The third-order valence-electron chi connectivity index (χ3n) is 3.24.